The largest absolute Gasteiger partial charge is 0.394 e. The van der Waals surface area contributed by atoms with Crippen LogP contribution in [0.4, 0.5) is 5.69 Å². The lowest BCUT2D eigenvalue weighted by Crippen LogP contribution is -2.11. The minimum Gasteiger partial charge on any atom is -0.394 e. The molecule has 4 heteroatoms. The molecule has 0 fully saturated rings. The summed E-state index contributed by atoms with van der Waals surface area (Å²) in [5.74, 6) is 0. The lowest BCUT2D eigenvalue weighted by molar-refractivity contribution is 0.789. The van der Waals surface area contributed by atoms with Crippen LogP contribution in [0.15, 0.2) is 47.8 Å². The van der Waals surface area contributed by atoms with Crippen LogP contribution in [-0.4, -0.2) is 9.55 Å². The van der Waals surface area contributed by atoms with Crippen LogP contribution in [0.5, 0.6) is 0 Å². The monoisotopic (exact) mass is 201 g/mol. The Kier molecular flexibility index (Phi) is 2.49. The van der Waals surface area contributed by atoms with Crippen LogP contribution < -0.4 is 11.2 Å². The molecule has 0 saturated heterocycles. The van der Waals surface area contributed by atoms with Crippen molar-refractivity contribution < 1.29 is 0 Å². The molecule has 2 aromatic rings. The van der Waals surface area contributed by atoms with Gasteiger partial charge in [-0.05, 0) is 17.7 Å². The lowest BCUT2D eigenvalue weighted by Gasteiger charge is -2.06. The van der Waals surface area contributed by atoms with Gasteiger partial charge in [0.1, 0.15) is 0 Å². The fraction of sp³-hybridized carbons (Fsp3) is 0.0909. The fourth-order valence-corrected chi connectivity index (χ4v) is 1.34. The molecule has 2 N–H and O–H groups in total. The highest BCUT2D eigenvalue weighted by atomic mass is 16.1. The normalized spacial score (nSPS) is 10.1. The van der Waals surface area contributed by atoms with E-state index >= 15 is 0 Å². The topological polar surface area (TPSA) is 60.9 Å². The van der Waals surface area contributed by atoms with Gasteiger partial charge in [-0.25, -0.2) is 0 Å². The number of aromatic nitrogens is 2. The van der Waals surface area contributed by atoms with Crippen LogP contribution in [0.3, 0.4) is 0 Å². The van der Waals surface area contributed by atoms with Gasteiger partial charge in [0.2, 0.25) is 5.43 Å². The number of rotatable bonds is 2. The van der Waals surface area contributed by atoms with E-state index in [9.17, 15) is 4.79 Å². The molecule has 76 valence electrons. The standard InChI is InChI=1S/C11H11N3O/c12-10-8-14(6-3-11(10)15)7-9-1-4-13-5-2-9/h1-6,8H,7,12H2. The predicted octanol–water partition coefficient (Wildman–Crippen LogP) is 0.874. The molecule has 0 aliphatic heterocycles. The second-order valence-corrected chi connectivity index (χ2v) is 3.29. The van der Waals surface area contributed by atoms with Crippen molar-refractivity contribution >= 4 is 5.69 Å². The molecule has 0 aromatic carbocycles. The molecule has 0 aliphatic rings. The van der Waals surface area contributed by atoms with Gasteiger partial charge in [-0.3, -0.25) is 9.78 Å². The first-order valence-electron chi connectivity index (χ1n) is 4.60. The summed E-state index contributed by atoms with van der Waals surface area (Å²) in [6.45, 7) is 0.687. The molecular weight excluding hydrogens is 190 g/mol. The molecule has 0 amide bonds. The zero-order valence-corrected chi connectivity index (χ0v) is 8.13. The number of anilines is 1. The number of hydrogen-bond acceptors (Lipinski definition) is 3. The molecule has 4 nitrogen and oxygen atoms in total. The maximum absolute atomic E-state index is 11.1. The number of nitrogen functional groups attached to an aromatic ring is 1. The van der Waals surface area contributed by atoms with Crippen molar-refractivity contribution in [3.8, 4) is 0 Å². The van der Waals surface area contributed by atoms with Crippen molar-refractivity contribution in [3.05, 3.63) is 58.8 Å². The van der Waals surface area contributed by atoms with E-state index in [1.165, 1.54) is 6.07 Å². The van der Waals surface area contributed by atoms with E-state index in [4.69, 9.17) is 5.73 Å². The van der Waals surface area contributed by atoms with E-state index in [0.29, 0.717) is 6.54 Å². The van der Waals surface area contributed by atoms with Crippen LogP contribution in [0.2, 0.25) is 0 Å². The van der Waals surface area contributed by atoms with Gasteiger partial charge in [0.15, 0.2) is 0 Å². The van der Waals surface area contributed by atoms with Crippen molar-refractivity contribution in [1.82, 2.24) is 9.55 Å². The summed E-state index contributed by atoms with van der Waals surface area (Å²) in [6, 6.07) is 5.32. The van der Waals surface area contributed by atoms with Gasteiger partial charge in [-0.2, -0.15) is 0 Å². The number of nitrogens with two attached hydrogens (primary N) is 1. The summed E-state index contributed by atoms with van der Waals surface area (Å²) in [4.78, 5) is 15.0. The zero-order chi connectivity index (χ0) is 10.7. The molecule has 15 heavy (non-hydrogen) atoms. The third-order valence-corrected chi connectivity index (χ3v) is 2.12. The van der Waals surface area contributed by atoms with E-state index in [-0.39, 0.29) is 11.1 Å². The zero-order valence-electron chi connectivity index (χ0n) is 8.13. The molecule has 0 radical (unpaired) electrons. The number of pyridine rings is 2. The smallest absolute Gasteiger partial charge is 0.204 e. The maximum Gasteiger partial charge on any atom is 0.204 e. The molecule has 0 bridgehead atoms. The van der Waals surface area contributed by atoms with Crippen LogP contribution >= 0.6 is 0 Å². The van der Waals surface area contributed by atoms with Crippen molar-refractivity contribution in [1.29, 1.82) is 0 Å². The minimum atomic E-state index is -0.138. The molecule has 0 atom stereocenters. The Morgan fingerprint density at radius 1 is 1.27 bits per heavy atom. The predicted molar refractivity (Wildman–Crippen MR) is 58.5 cm³/mol. The quantitative estimate of drug-likeness (QED) is 0.784. The van der Waals surface area contributed by atoms with E-state index in [0.717, 1.165) is 5.56 Å². The molecule has 0 spiro atoms. The van der Waals surface area contributed by atoms with E-state index in [1.807, 2.05) is 16.7 Å². The molecule has 0 aliphatic carbocycles. The summed E-state index contributed by atoms with van der Waals surface area (Å²) in [5.41, 5.74) is 6.78. The van der Waals surface area contributed by atoms with Crippen molar-refractivity contribution in [2.75, 3.05) is 5.73 Å². The van der Waals surface area contributed by atoms with Gasteiger partial charge in [0.05, 0.1) is 5.69 Å². The highest BCUT2D eigenvalue weighted by molar-refractivity contribution is 5.33. The first-order chi connectivity index (χ1) is 7.25. The van der Waals surface area contributed by atoms with Gasteiger partial charge in [-0.15, -0.1) is 0 Å². The highest BCUT2D eigenvalue weighted by Crippen LogP contribution is 2.01. The SMILES string of the molecule is Nc1cn(Cc2ccncc2)ccc1=O. The summed E-state index contributed by atoms with van der Waals surface area (Å²) in [5, 5.41) is 0. The first kappa shape index (κ1) is 9.45. The average molecular weight is 201 g/mol. The average Bonchev–Trinajstić information content (AvgIpc) is 2.25. The summed E-state index contributed by atoms with van der Waals surface area (Å²) < 4.78 is 1.87. The molecule has 0 saturated carbocycles. The van der Waals surface area contributed by atoms with E-state index < -0.39 is 0 Å². The van der Waals surface area contributed by atoms with Crippen LogP contribution in [0, 0.1) is 0 Å². The van der Waals surface area contributed by atoms with Gasteiger partial charge in [0, 0.05) is 37.4 Å². The van der Waals surface area contributed by atoms with Crippen LogP contribution in [-0.2, 0) is 6.54 Å². The number of hydrogen-bond donors (Lipinski definition) is 1. The summed E-state index contributed by atoms with van der Waals surface area (Å²) in [6.07, 6.45) is 6.84. The van der Waals surface area contributed by atoms with E-state index in [1.54, 1.807) is 24.8 Å². The Balaban J connectivity index is 2.26. The third kappa shape index (κ3) is 2.22. The number of nitrogens with zero attached hydrogens (tertiary/aromatic N) is 2. The molecule has 2 rings (SSSR count). The molecule has 2 aromatic heterocycles. The minimum absolute atomic E-state index is 0.138. The fourth-order valence-electron chi connectivity index (χ4n) is 1.34. The van der Waals surface area contributed by atoms with Gasteiger partial charge in [-0.1, -0.05) is 0 Å². The third-order valence-electron chi connectivity index (χ3n) is 2.12. The second-order valence-electron chi connectivity index (χ2n) is 3.29. The van der Waals surface area contributed by atoms with Gasteiger partial charge >= 0.3 is 0 Å². The summed E-state index contributed by atoms with van der Waals surface area (Å²) >= 11 is 0. The van der Waals surface area contributed by atoms with Crippen molar-refractivity contribution in [2.45, 2.75) is 6.54 Å². The van der Waals surface area contributed by atoms with Gasteiger partial charge in [0.25, 0.3) is 0 Å². The van der Waals surface area contributed by atoms with Crippen LogP contribution in [0.1, 0.15) is 5.56 Å². The van der Waals surface area contributed by atoms with E-state index in [2.05, 4.69) is 4.98 Å². The Morgan fingerprint density at radius 2 is 2.00 bits per heavy atom. The Labute approximate surface area is 87.0 Å². The van der Waals surface area contributed by atoms with Crippen molar-refractivity contribution in [3.63, 3.8) is 0 Å². The highest BCUT2D eigenvalue weighted by Gasteiger charge is 1.96. The lowest BCUT2D eigenvalue weighted by atomic mass is 10.2. The Hall–Kier alpha value is -2.10. The second kappa shape index (κ2) is 3.96. The van der Waals surface area contributed by atoms with Crippen LogP contribution in [0.25, 0.3) is 0 Å². The first-order valence-corrected chi connectivity index (χ1v) is 4.60. The maximum atomic E-state index is 11.1. The van der Waals surface area contributed by atoms with Crippen molar-refractivity contribution in [2.24, 2.45) is 0 Å². The Bertz CT molecular complexity index is 505. The summed E-state index contributed by atoms with van der Waals surface area (Å²) in [7, 11) is 0. The molecular formula is C11H11N3O. The van der Waals surface area contributed by atoms with Gasteiger partial charge < -0.3 is 10.3 Å². The Morgan fingerprint density at radius 3 is 2.67 bits per heavy atom. The molecule has 0 unspecified atom stereocenters. The molecule has 2 heterocycles.